The normalized spacial score (nSPS) is 10.6. The summed E-state index contributed by atoms with van der Waals surface area (Å²) in [5, 5.41) is 4.13. The van der Waals surface area contributed by atoms with Gasteiger partial charge in [-0.3, -0.25) is 4.68 Å². The van der Waals surface area contributed by atoms with Crippen LogP contribution in [0.3, 0.4) is 0 Å². The van der Waals surface area contributed by atoms with Crippen LogP contribution in [-0.4, -0.2) is 14.8 Å². The summed E-state index contributed by atoms with van der Waals surface area (Å²) < 4.78 is 6.93. The highest BCUT2D eigenvalue weighted by atomic mass is 16.4. The number of rotatable bonds is 1. The van der Waals surface area contributed by atoms with Crippen molar-refractivity contribution in [2.45, 2.75) is 6.92 Å². The lowest BCUT2D eigenvalue weighted by Gasteiger charge is -1.89. The second kappa shape index (κ2) is 2.62. The maximum Gasteiger partial charge on any atom is 0.249 e. The van der Waals surface area contributed by atoms with E-state index in [4.69, 9.17) is 10.2 Å². The Morgan fingerprint density at radius 2 is 2.31 bits per heavy atom. The first-order chi connectivity index (χ1) is 6.16. The SMILES string of the molecule is Cc1cnc(-c2nn(C)cc2N)o1. The van der Waals surface area contributed by atoms with Gasteiger partial charge in [-0.25, -0.2) is 4.98 Å². The highest BCUT2D eigenvalue weighted by molar-refractivity contribution is 5.64. The molecule has 0 aliphatic carbocycles. The Kier molecular flexibility index (Phi) is 1.58. The maximum atomic E-state index is 5.70. The Morgan fingerprint density at radius 3 is 2.77 bits per heavy atom. The molecule has 0 radical (unpaired) electrons. The number of hydrogen-bond donors (Lipinski definition) is 1. The molecule has 0 aliphatic rings. The summed E-state index contributed by atoms with van der Waals surface area (Å²) in [5.74, 6) is 1.22. The van der Waals surface area contributed by atoms with Crippen LogP contribution in [-0.2, 0) is 7.05 Å². The molecule has 2 heterocycles. The molecule has 0 aromatic carbocycles. The van der Waals surface area contributed by atoms with E-state index in [0.717, 1.165) is 5.76 Å². The molecule has 2 rings (SSSR count). The van der Waals surface area contributed by atoms with Crippen LogP contribution in [0.25, 0.3) is 11.6 Å². The van der Waals surface area contributed by atoms with E-state index < -0.39 is 0 Å². The number of hydrogen-bond acceptors (Lipinski definition) is 4. The molecule has 2 aromatic heterocycles. The van der Waals surface area contributed by atoms with Crippen LogP contribution in [0.4, 0.5) is 5.69 Å². The van der Waals surface area contributed by atoms with Gasteiger partial charge in [0.25, 0.3) is 0 Å². The van der Waals surface area contributed by atoms with Gasteiger partial charge >= 0.3 is 0 Å². The molecule has 2 N–H and O–H groups in total. The molecule has 0 amide bonds. The predicted molar refractivity (Wildman–Crippen MR) is 47.9 cm³/mol. The Morgan fingerprint density at radius 1 is 1.54 bits per heavy atom. The molecule has 5 heteroatoms. The molecule has 68 valence electrons. The third kappa shape index (κ3) is 1.28. The Balaban J connectivity index is 2.51. The zero-order valence-corrected chi connectivity index (χ0v) is 7.48. The van der Waals surface area contributed by atoms with Gasteiger partial charge in [0.2, 0.25) is 5.89 Å². The van der Waals surface area contributed by atoms with E-state index in [-0.39, 0.29) is 0 Å². The molecule has 0 spiro atoms. The minimum absolute atomic E-state index is 0.468. The van der Waals surface area contributed by atoms with Crippen molar-refractivity contribution in [2.75, 3.05) is 5.73 Å². The fourth-order valence-electron chi connectivity index (χ4n) is 1.14. The van der Waals surface area contributed by atoms with Gasteiger partial charge in [-0.05, 0) is 6.92 Å². The minimum Gasteiger partial charge on any atom is -0.440 e. The quantitative estimate of drug-likeness (QED) is 0.706. The Bertz CT molecular complexity index is 429. The molecule has 0 fully saturated rings. The van der Waals surface area contributed by atoms with Crippen molar-refractivity contribution in [3.8, 4) is 11.6 Å². The number of nitrogens with two attached hydrogens (primary N) is 1. The van der Waals surface area contributed by atoms with Crippen LogP contribution < -0.4 is 5.73 Å². The van der Waals surface area contributed by atoms with Gasteiger partial charge in [0.05, 0.1) is 11.9 Å². The lowest BCUT2D eigenvalue weighted by atomic mass is 10.4. The molecule has 5 nitrogen and oxygen atoms in total. The number of aromatic nitrogens is 3. The summed E-state index contributed by atoms with van der Waals surface area (Å²) in [5.41, 5.74) is 6.87. The molecule has 2 aromatic rings. The van der Waals surface area contributed by atoms with Crippen molar-refractivity contribution < 1.29 is 4.42 Å². The first kappa shape index (κ1) is 7.85. The second-order valence-corrected chi connectivity index (χ2v) is 2.88. The van der Waals surface area contributed by atoms with Gasteiger partial charge in [-0.1, -0.05) is 0 Å². The first-order valence-corrected chi connectivity index (χ1v) is 3.89. The molecule has 0 aliphatic heterocycles. The van der Waals surface area contributed by atoms with Gasteiger partial charge in [-0.15, -0.1) is 0 Å². The topological polar surface area (TPSA) is 69.9 Å². The lowest BCUT2D eigenvalue weighted by molar-refractivity contribution is 0.539. The van der Waals surface area contributed by atoms with Gasteiger partial charge in [0.1, 0.15) is 5.76 Å². The highest BCUT2D eigenvalue weighted by Crippen LogP contribution is 2.22. The fourth-order valence-corrected chi connectivity index (χ4v) is 1.14. The number of aryl methyl sites for hydroxylation is 2. The molecule has 13 heavy (non-hydrogen) atoms. The third-order valence-electron chi connectivity index (χ3n) is 1.68. The fraction of sp³-hybridized carbons (Fsp3) is 0.250. The molecular weight excluding hydrogens is 168 g/mol. The van der Waals surface area contributed by atoms with Crippen molar-refractivity contribution in [1.29, 1.82) is 0 Å². The van der Waals surface area contributed by atoms with Gasteiger partial charge in [0.15, 0.2) is 5.69 Å². The molecule has 0 bridgehead atoms. The van der Waals surface area contributed by atoms with E-state index in [0.29, 0.717) is 17.3 Å². The van der Waals surface area contributed by atoms with E-state index in [1.54, 1.807) is 24.1 Å². The zero-order chi connectivity index (χ0) is 9.42. The van der Waals surface area contributed by atoms with Crippen LogP contribution in [0.1, 0.15) is 5.76 Å². The van der Waals surface area contributed by atoms with Crippen molar-refractivity contribution in [2.24, 2.45) is 7.05 Å². The Hall–Kier alpha value is -1.78. The standard InChI is InChI=1S/C8H10N4O/c1-5-3-10-8(13-5)7-6(9)4-12(2)11-7/h3-4H,9H2,1-2H3. The molecule has 0 unspecified atom stereocenters. The highest BCUT2D eigenvalue weighted by Gasteiger charge is 2.11. The second-order valence-electron chi connectivity index (χ2n) is 2.88. The van der Waals surface area contributed by atoms with E-state index in [1.165, 1.54) is 0 Å². The average Bonchev–Trinajstić information content (AvgIpc) is 2.58. The van der Waals surface area contributed by atoms with Crippen molar-refractivity contribution in [1.82, 2.24) is 14.8 Å². The maximum absolute atomic E-state index is 5.70. The van der Waals surface area contributed by atoms with Crippen molar-refractivity contribution >= 4 is 5.69 Å². The zero-order valence-electron chi connectivity index (χ0n) is 7.48. The van der Waals surface area contributed by atoms with Crippen LogP contribution in [0.15, 0.2) is 16.8 Å². The van der Waals surface area contributed by atoms with E-state index in [1.807, 2.05) is 6.92 Å². The summed E-state index contributed by atoms with van der Waals surface area (Å²) in [6.45, 7) is 1.83. The van der Waals surface area contributed by atoms with E-state index in [9.17, 15) is 0 Å². The number of nitrogen functional groups attached to an aromatic ring is 1. The number of nitrogens with zero attached hydrogens (tertiary/aromatic N) is 3. The average molecular weight is 178 g/mol. The van der Waals surface area contributed by atoms with Crippen LogP contribution >= 0.6 is 0 Å². The van der Waals surface area contributed by atoms with Crippen molar-refractivity contribution in [3.05, 3.63) is 18.2 Å². The number of oxazole rings is 1. The third-order valence-corrected chi connectivity index (χ3v) is 1.68. The summed E-state index contributed by atoms with van der Waals surface area (Å²) in [6, 6.07) is 0. The molecular formula is C8H10N4O. The van der Waals surface area contributed by atoms with Gasteiger partial charge in [0, 0.05) is 13.2 Å². The van der Waals surface area contributed by atoms with Crippen LogP contribution in [0, 0.1) is 6.92 Å². The summed E-state index contributed by atoms with van der Waals surface area (Å²) in [7, 11) is 1.80. The summed E-state index contributed by atoms with van der Waals surface area (Å²) >= 11 is 0. The molecule has 0 saturated heterocycles. The molecule has 0 atom stereocenters. The smallest absolute Gasteiger partial charge is 0.249 e. The number of anilines is 1. The lowest BCUT2D eigenvalue weighted by Crippen LogP contribution is -1.88. The van der Waals surface area contributed by atoms with E-state index >= 15 is 0 Å². The summed E-state index contributed by atoms with van der Waals surface area (Å²) in [6.07, 6.45) is 3.36. The largest absolute Gasteiger partial charge is 0.440 e. The predicted octanol–water partition coefficient (Wildman–Crippen LogP) is 0.966. The van der Waals surface area contributed by atoms with Gasteiger partial charge in [-0.2, -0.15) is 5.10 Å². The molecule has 0 saturated carbocycles. The van der Waals surface area contributed by atoms with Crippen LogP contribution in [0.5, 0.6) is 0 Å². The van der Waals surface area contributed by atoms with Crippen molar-refractivity contribution in [3.63, 3.8) is 0 Å². The minimum atomic E-state index is 0.468. The Labute approximate surface area is 75.2 Å². The monoisotopic (exact) mass is 178 g/mol. The first-order valence-electron chi connectivity index (χ1n) is 3.89. The van der Waals surface area contributed by atoms with Crippen LogP contribution in [0.2, 0.25) is 0 Å². The van der Waals surface area contributed by atoms with E-state index in [2.05, 4.69) is 10.1 Å². The summed E-state index contributed by atoms with van der Waals surface area (Å²) in [4.78, 5) is 4.04. The van der Waals surface area contributed by atoms with Gasteiger partial charge < -0.3 is 10.2 Å².